The van der Waals surface area contributed by atoms with E-state index in [0.29, 0.717) is 0 Å². The number of rotatable bonds is 4. The van der Waals surface area contributed by atoms with Gasteiger partial charge < -0.3 is 16.1 Å². The topological polar surface area (TPSA) is 166 Å². The highest BCUT2D eigenvalue weighted by molar-refractivity contribution is 7.99. The number of nitrogens with one attached hydrogen (secondary N) is 2. The first-order valence-corrected chi connectivity index (χ1v) is 5.98. The number of aromatic amines is 1. The Balaban J connectivity index is 2.45. The summed E-state index contributed by atoms with van der Waals surface area (Å²) in [6.07, 6.45) is 0. The number of pyridine rings is 1. The van der Waals surface area contributed by atoms with Crippen molar-refractivity contribution in [2.45, 2.75) is 10.2 Å². The summed E-state index contributed by atoms with van der Waals surface area (Å²) < 4.78 is 0. The third-order valence-electron chi connectivity index (χ3n) is 2.12. The van der Waals surface area contributed by atoms with Gasteiger partial charge in [-0.05, 0) is 17.8 Å². The fraction of sp³-hybridized carbons (Fsp3) is 0. The lowest BCUT2D eigenvalue weighted by Gasteiger charge is -2.04. The van der Waals surface area contributed by atoms with Crippen LogP contribution >= 0.6 is 11.8 Å². The van der Waals surface area contributed by atoms with Crippen LogP contribution in [0.4, 0.5) is 17.3 Å². The van der Waals surface area contributed by atoms with E-state index in [-0.39, 0.29) is 27.5 Å². The molecule has 0 saturated carbocycles. The van der Waals surface area contributed by atoms with Crippen LogP contribution in [0.3, 0.4) is 0 Å². The van der Waals surface area contributed by atoms with Crippen molar-refractivity contribution in [1.82, 2.24) is 15.0 Å². The Bertz CT molecular complexity index is 717. The second-order valence-electron chi connectivity index (χ2n) is 3.50. The molecule has 0 aliphatic rings. The molecule has 6 N–H and O–H groups in total. The van der Waals surface area contributed by atoms with Crippen LogP contribution in [0.5, 0.6) is 0 Å². The minimum atomic E-state index is -0.597. The van der Waals surface area contributed by atoms with Crippen LogP contribution in [0.2, 0.25) is 0 Å². The SMILES string of the molecule is NNc1ccc([N+](=O)[O-])c(Sc2nc(N)cc(=O)[nH]2)n1. The Kier molecular flexibility index (Phi) is 3.81. The molecule has 0 aliphatic carbocycles. The molecule has 2 heterocycles. The maximum absolute atomic E-state index is 11.3. The number of nitrogens with zero attached hydrogens (tertiary/aromatic N) is 3. The van der Waals surface area contributed by atoms with Crippen LogP contribution < -0.4 is 22.6 Å². The molecule has 0 saturated heterocycles. The van der Waals surface area contributed by atoms with Gasteiger partial charge in [0, 0.05) is 12.1 Å². The van der Waals surface area contributed by atoms with Gasteiger partial charge in [0.15, 0.2) is 10.2 Å². The van der Waals surface area contributed by atoms with Gasteiger partial charge >= 0.3 is 5.69 Å². The Labute approximate surface area is 115 Å². The fourth-order valence-corrected chi connectivity index (χ4v) is 2.20. The van der Waals surface area contributed by atoms with Gasteiger partial charge in [0.05, 0.1) is 4.92 Å². The molecule has 0 spiro atoms. The number of H-pyrrole nitrogens is 1. The molecule has 11 heteroatoms. The second-order valence-corrected chi connectivity index (χ2v) is 4.48. The Morgan fingerprint density at radius 2 is 2.15 bits per heavy atom. The van der Waals surface area contributed by atoms with E-state index in [1.807, 2.05) is 0 Å². The number of nitrogens with two attached hydrogens (primary N) is 2. The zero-order valence-corrected chi connectivity index (χ0v) is 10.7. The summed E-state index contributed by atoms with van der Waals surface area (Å²) >= 11 is 0.805. The molecule has 2 rings (SSSR count). The molecule has 2 aromatic heterocycles. The third kappa shape index (κ3) is 3.02. The van der Waals surface area contributed by atoms with Gasteiger partial charge in [-0.1, -0.05) is 0 Å². The van der Waals surface area contributed by atoms with E-state index in [1.165, 1.54) is 12.1 Å². The first-order valence-electron chi connectivity index (χ1n) is 5.16. The number of nitrogen functional groups attached to an aromatic ring is 2. The number of anilines is 2. The zero-order chi connectivity index (χ0) is 14.7. The van der Waals surface area contributed by atoms with Crippen LogP contribution in [-0.4, -0.2) is 19.9 Å². The average molecular weight is 295 g/mol. The van der Waals surface area contributed by atoms with E-state index in [2.05, 4.69) is 20.4 Å². The van der Waals surface area contributed by atoms with E-state index in [9.17, 15) is 14.9 Å². The molecule has 0 fully saturated rings. The highest BCUT2D eigenvalue weighted by Crippen LogP contribution is 2.31. The van der Waals surface area contributed by atoms with Crippen LogP contribution in [0.15, 0.2) is 33.2 Å². The van der Waals surface area contributed by atoms with Crippen LogP contribution in [0.25, 0.3) is 0 Å². The highest BCUT2D eigenvalue weighted by atomic mass is 32.2. The quantitative estimate of drug-likeness (QED) is 0.264. The van der Waals surface area contributed by atoms with E-state index in [0.717, 1.165) is 17.8 Å². The van der Waals surface area contributed by atoms with Gasteiger partial charge in [0.2, 0.25) is 0 Å². The van der Waals surface area contributed by atoms with Gasteiger partial charge in [-0.2, -0.15) is 0 Å². The van der Waals surface area contributed by atoms with Crippen molar-refractivity contribution < 1.29 is 4.92 Å². The van der Waals surface area contributed by atoms with E-state index >= 15 is 0 Å². The molecule has 0 bridgehead atoms. The summed E-state index contributed by atoms with van der Waals surface area (Å²) in [7, 11) is 0. The summed E-state index contributed by atoms with van der Waals surface area (Å²) in [5.41, 5.74) is 7.01. The van der Waals surface area contributed by atoms with Gasteiger partial charge in [-0.3, -0.25) is 14.9 Å². The van der Waals surface area contributed by atoms with Gasteiger partial charge in [-0.15, -0.1) is 0 Å². The van der Waals surface area contributed by atoms with E-state index in [4.69, 9.17) is 11.6 Å². The Morgan fingerprint density at radius 3 is 2.75 bits per heavy atom. The fourth-order valence-electron chi connectivity index (χ4n) is 1.32. The molecule has 2 aromatic rings. The normalized spacial score (nSPS) is 10.2. The third-order valence-corrected chi connectivity index (χ3v) is 3.00. The summed E-state index contributed by atoms with van der Waals surface area (Å²) in [6.45, 7) is 0. The van der Waals surface area contributed by atoms with Crippen LogP contribution in [0.1, 0.15) is 0 Å². The lowest BCUT2D eigenvalue weighted by molar-refractivity contribution is -0.388. The van der Waals surface area contributed by atoms with E-state index in [1.54, 1.807) is 0 Å². The van der Waals surface area contributed by atoms with Crippen molar-refractivity contribution in [1.29, 1.82) is 0 Å². The smallest absolute Gasteiger partial charge is 0.301 e. The summed E-state index contributed by atoms with van der Waals surface area (Å²) in [6, 6.07) is 3.70. The van der Waals surface area contributed by atoms with Crippen molar-refractivity contribution >= 4 is 29.1 Å². The van der Waals surface area contributed by atoms with Gasteiger partial charge in [0.1, 0.15) is 11.6 Å². The monoisotopic (exact) mass is 295 g/mol. The van der Waals surface area contributed by atoms with Crippen molar-refractivity contribution in [3.63, 3.8) is 0 Å². The van der Waals surface area contributed by atoms with Crippen LogP contribution in [-0.2, 0) is 0 Å². The van der Waals surface area contributed by atoms with Crippen LogP contribution in [0, 0.1) is 10.1 Å². The molecular weight excluding hydrogens is 286 g/mol. The maximum Gasteiger partial charge on any atom is 0.301 e. The first-order chi connectivity index (χ1) is 9.49. The standard InChI is InChI=1S/C9H9N7O3S/c10-5-3-7(17)14-9(12-5)20-8-4(16(18)19)1-2-6(13-8)15-11/h1-3H,11H2,(H,13,15)(H3,10,12,14,17). The largest absolute Gasteiger partial charge is 0.383 e. The second kappa shape index (κ2) is 5.54. The summed E-state index contributed by atoms with van der Waals surface area (Å²) in [4.78, 5) is 31.8. The van der Waals surface area contributed by atoms with Gasteiger partial charge in [-0.25, -0.2) is 15.8 Å². The lowest BCUT2D eigenvalue weighted by atomic mass is 10.4. The Hall–Kier alpha value is -2.66. The number of aromatic nitrogens is 3. The summed E-state index contributed by atoms with van der Waals surface area (Å²) in [5.74, 6) is 5.45. The molecule has 20 heavy (non-hydrogen) atoms. The van der Waals surface area contributed by atoms with Crippen molar-refractivity contribution in [2.24, 2.45) is 5.84 Å². The molecule has 0 unspecified atom stereocenters. The number of hydrogen-bond donors (Lipinski definition) is 4. The predicted octanol–water partition coefficient (Wildman–Crippen LogP) is 0.0921. The maximum atomic E-state index is 11.3. The minimum absolute atomic E-state index is 0.00649. The molecule has 0 radical (unpaired) electrons. The minimum Gasteiger partial charge on any atom is -0.383 e. The molecular formula is C9H9N7O3S. The predicted molar refractivity (Wildman–Crippen MR) is 72.1 cm³/mol. The molecule has 10 nitrogen and oxygen atoms in total. The van der Waals surface area contributed by atoms with E-state index < -0.39 is 10.5 Å². The average Bonchev–Trinajstić information content (AvgIpc) is 2.37. The van der Waals surface area contributed by atoms with Crippen molar-refractivity contribution in [2.75, 3.05) is 11.2 Å². The number of nitro groups is 1. The molecule has 0 amide bonds. The van der Waals surface area contributed by atoms with Gasteiger partial charge in [0.25, 0.3) is 5.56 Å². The molecule has 0 aliphatic heterocycles. The van der Waals surface area contributed by atoms with Crippen molar-refractivity contribution in [3.05, 3.63) is 38.7 Å². The highest BCUT2D eigenvalue weighted by Gasteiger charge is 2.18. The molecule has 0 aromatic carbocycles. The van der Waals surface area contributed by atoms with Crippen molar-refractivity contribution in [3.8, 4) is 0 Å². The molecule has 0 atom stereocenters. The molecule has 104 valence electrons. The number of hydrogen-bond acceptors (Lipinski definition) is 9. The Morgan fingerprint density at radius 1 is 1.40 bits per heavy atom. The lowest BCUT2D eigenvalue weighted by Crippen LogP contribution is -2.11. The summed E-state index contributed by atoms with van der Waals surface area (Å²) in [5, 5.41) is 11.1. The first kappa shape index (κ1) is 13.8. The number of hydrazine groups is 1. The zero-order valence-electron chi connectivity index (χ0n) is 9.86.